The van der Waals surface area contributed by atoms with Crippen molar-refractivity contribution >= 4 is 27.5 Å². The molecule has 1 unspecified atom stereocenters. The van der Waals surface area contributed by atoms with E-state index in [9.17, 15) is 22.0 Å². The molecule has 1 saturated heterocycles. The summed E-state index contributed by atoms with van der Waals surface area (Å²) >= 11 is 5.93. The van der Waals surface area contributed by atoms with E-state index in [0.29, 0.717) is 18.4 Å². The standard InChI is InChI=1S/C20H22ClF2N3O4S/c1-13(15-4-2-5-16(12-15)30-20(22)23)25-19(27)14-7-10-26(11-8-14)31(28,29)17-6-3-9-24-18(17)21/h2-6,9,12-14,20H,7-8,10-11H2,1H3,(H,25,27). The van der Waals surface area contributed by atoms with Crippen LogP contribution in [-0.2, 0) is 14.8 Å². The Labute approximate surface area is 184 Å². The number of halogens is 3. The number of alkyl halides is 2. The van der Waals surface area contributed by atoms with Gasteiger partial charge in [-0.1, -0.05) is 23.7 Å². The maximum Gasteiger partial charge on any atom is 0.387 e. The summed E-state index contributed by atoms with van der Waals surface area (Å²) in [5.41, 5.74) is 0.623. The molecule has 1 aliphatic rings. The Balaban J connectivity index is 1.59. The Kier molecular flexibility index (Phi) is 7.45. The van der Waals surface area contributed by atoms with Gasteiger partial charge in [-0.3, -0.25) is 4.79 Å². The van der Waals surface area contributed by atoms with Crippen LogP contribution in [0.4, 0.5) is 8.78 Å². The van der Waals surface area contributed by atoms with Gasteiger partial charge in [0.2, 0.25) is 15.9 Å². The lowest BCUT2D eigenvalue weighted by atomic mass is 9.96. The molecule has 1 aromatic heterocycles. The predicted molar refractivity (Wildman–Crippen MR) is 110 cm³/mol. The lowest BCUT2D eigenvalue weighted by molar-refractivity contribution is -0.126. The highest BCUT2D eigenvalue weighted by Gasteiger charge is 2.33. The van der Waals surface area contributed by atoms with Gasteiger partial charge in [0.15, 0.2) is 0 Å². The van der Waals surface area contributed by atoms with Gasteiger partial charge in [-0.2, -0.15) is 13.1 Å². The van der Waals surface area contributed by atoms with Gasteiger partial charge in [-0.05, 0) is 49.6 Å². The molecule has 2 heterocycles. The molecule has 0 spiro atoms. The van der Waals surface area contributed by atoms with Crippen molar-refractivity contribution in [2.45, 2.75) is 37.3 Å². The van der Waals surface area contributed by atoms with Gasteiger partial charge in [0.1, 0.15) is 15.8 Å². The highest BCUT2D eigenvalue weighted by Crippen LogP contribution is 2.28. The van der Waals surface area contributed by atoms with Crippen molar-refractivity contribution in [2.24, 2.45) is 5.92 Å². The number of aromatic nitrogens is 1. The summed E-state index contributed by atoms with van der Waals surface area (Å²) in [5, 5.41) is 2.77. The molecule has 0 bridgehead atoms. The molecule has 1 amide bonds. The van der Waals surface area contributed by atoms with E-state index >= 15 is 0 Å². The number of nitrogens with one attached hydrogen (secondary N) is 1. The zero-order valence-electron chi connectivity index (χ0n) is 16.7. The summed E-state index contributed by atoms with van der Waals surface area (Å²) in [6, 6.07) is 8.61. The molecule has 11 heteroatoms. The topological polar surface area (TPSA) is 88.6 Å². The highest BCUT2D eigenvalue weighted by molar-refractivity contribution is 7.89. The zero-order valence-corrected chi connectivity index (χ0v) is 18.2. The summed E-state index contributed by atoms with van der Waals surface area (Å²) in [6.45, 7) is -0.832. The van der Waals surface area contributed by atoms with Gasteiger partial charge in [0, 0.05) is 25.2 Å². The zero-order chi connectivity index (χ0) is 22.6. The van der Waals surface area contributed by atoms with E-state index in [2.05, 4.69) is 15.0 Å². The number of sulfonamides is 1. The summed E-state index contributed by atoms with van der Waals surface area (Å²) in [7, 11) is -3.79. The Morgan fingerprint density at radius 2 is 1.97 bits per heavy atom. The van der Waals surface area contributed by atoms with Crippen molar-refractivity contribution in [2.75, 3.05) is 13.1 Å². The maximum absolute atomic E-state index is 12.8. The van der Waals surface area contributed by atoms with Gasteiger partial charge >= 0.3 is 6.61 Å². The number of hydrogen-bond acceptors (Lipinski definition) is 5. The molecule has 0 saturated carbocycles. The first kappa shape index (κ1) is 23.4. The molecule has 7 nitrogen and oxygen atoms in total. The maximum atomic E-state index is 12.8. The molecular formula is C20H22ClF2N3O4S. The molecule has 0 radical (unpaired) electrons. The van der Waals surface area contributed by atoms with Crippen LogP contribution in [-0.4, -0.2) is 43.3 Å². The molecular weight excluding hydrogens is 452 g/mol. The van der Waals surface area contributed by atoms with Crippen molar-refractivity contribution in [1.82, 2.24) is 14.6 Å². The number of amides is 1. The number of carbonyl (C=O) groups is 1. The van der Waals surface area contributed by atoms with Crippen molar-refractivity contribution < 1.29 is 26.7 Å². The second-order valence-corrected chi connectivity index (χ2v) is 9.42. The van der Waals surface area contributed by atoms with Crippen LogP contribution < -0.4 is 10.1 Å². The largest absolute Gasteiger partial charge is 0.435 e. The first-order chi connectivity index (χ1) is 14.7. The molecule has 1 fully saturated rings. The molecule has 31 heavy (non-hydrogen) atoms. The lowest BCUT2D eigenvalue weighted by Crippen LogP contribution is -2.43. The van der Waals surface area contributed by atoms with E-state index in [4.69, 9.17) is 11.6 Å². The fraction of sp³-hybridized carbons (Fsp3) is 0.400. The van der Waals surface area contributed by atoms with E-state index < -0.39 is 22.7 Å². The number of carbonyl (C=O) groups excluding carboxylic acids is 1. The Bertz CT molecular complexity index is 1030. The Hall–Kier alpha value is -2.30. The molecule has 1 atom stereocenters. The second kappa shape index (κ2) is 9.88. The minimum atomic E-state index is -3.79. The van der Waals surface area contributed by atoms with Gasteiger partial charge in [-0.15, -0.1) is 0 Å². The van der Waals surface area contributed by atoms with Crippen LogP contribution in [0.1, 0.15) is 31.4 Å². The third-order valence-corrected chi connectivity index (χ3v) is 7.45. The average molecular weight is 474 g/mol. The summed E-state index contributed by atoms with van der Waals surface area (Å²) < 4.78 is 56.1. The number of piperidine rings is 1. The van der Waals surface area contributed by atoms with Gasteiger partial charge in [0.25, 0.3) is 0 Å². The van der Waals surface area contributed by atoms with Crippen LogP contribution in [0.15, 0.2) is 47.5 Å². The van der Waals surface area contributed by atoms with Crippen LogP contribution in [0.5, 0.6) is 5.75 Å². The van der Waals surface area contributed by atoms with Crippen molar-refractivity contribution in [3.05, 3.63) is 53.3 Å². The number of ether oxygens (including phenoxy) is 1. The van der Waals surface area contributed by atoms with E-state index in [1.54, 1.807) is 19.1 Å². The van der Waals surface area contributed by atoms with Gasteiger partial charge in [-0.25, -0.2) is 13.4 Å². The van der Waals surface area contributed by atoms with Crippen LogP contribution in [0.2, 0.25) is 5.15 Å². The highest BCUT2D eigenvalue weighted by atomic mass is 35.5. The van der Waals surface area contributed by atoms with Crippen molar-refractivity contribution in [3.63, 3.8) is 0 Å². The minimum Gasteiger partial charge on any atom is -0.435 e. The minimum absolute atomic E-state index is 0.0150. The molecule has 1 N–H and O–H groups in total. The third-order valence-electron chi connectivity index (χ3n) is 5.11. The van der Waals surface area contributed by atoms with Crippen LogP contribution in [0.25, 0.3) is 0 Å². The number of nitrogens with zero attached hydrogens (tertiary/aromatic N) is 2. The van der Waals surface area contributed by atoms with E-state index in [0.717, 1.165) is 0 Å². The predicted octanol–water partition coefficient (Wildman–Crippen LogP) is 3.61. The van der Waals surface area contributed by atoms with E-state index in [-0.39, 0.29) is 40.7 Å². The van der Waals surface area contributed by atoms with Crippen LogP contribution in [0.3, 0.4) is 0 Å². The molecule has 168 valence electrons. The van der Waals surface area contributed by atoms with E-state index in [1.165, 1.54) is 34.8 Å². The number of pyridine rings is 1. The number of hydrogen-bond donors (Lipinski definition) is 1. The number of benzene rings is 1. The first-order valence-corrected chi connectivity index (χ1v) is 11.5. The second-order valence-electron chi connectivity index (χ2n) is 7.15. The normalized spacial score (nSPS) is 16.8. The van der Waals surface area contributed by atoms with Crippen LogP contribution >= 0.6 is 11.6 Å². The average Bonchev–Trinajstić information content (AvgIpc) is 2.73. The summed E-state index contributed by atoms with van der Waals surface area (Å²) in [6.07, 6.45) is 2.11. The lowest BCUT2D eigenvalue weighted by Gasteiger charge is -2.31. The third kappa shape index (κ3) is 5.69. The van der Waals surface area contributed by atoms with Crippen molar-refractivity contribution in [1.29, 1.82) is 0 Å². The van der Waals surface area contributed by atoms with Gasteiger partial charge in [0.05, 0.1) is 6.04 Å². The smallest absolute Gasteiger partial charge is 0.387 e. The molecule has 3 rings (SSSR count). The fourth-order valence-corrected chi connectivity index (χ4v) is 5.33. The molecule has 0 aliphatic carbocycles. The van der Waals surface area contributed by atoms with Crippen molar-refractivity contribution in [3.8, 4) is 5.75 Å². The first-order valence-electron chi connectivity index (χ1n) is 9.64. The Morgan fingerprint density at radius 3 is 2.61 bits per heavy atom. The molecule has 1 aromatic carbocycles. The summed E-state index contributed by atoms with van der Waals surface area (Å²) in [5.74, 6) is -0.566. The Morgan fingerprint density at radius 1 is 1.26 bits per heavy atom. The molecule has 2 aromatic rings. The summed E-state index contributed by atoms with van der Waals surface area (Å²) in [4.78, 5) is 16.4. The van der Waals surface area contributed by atoms with E-state index in [1.807, 2.05) is 0 Å². The SMILES string of the molecule is CC(NC(=O)C1CCN(S(=O)(=O)c2cccnc2Cl)CC1)c1cccc(OC(F)F)c1. The molecule has 1 aliphatic heterocycles. The quantitative estimate of drug-likeness (QED) is 0.620. The number of rotatable bonds is 7. The van der Waals surface area contributed by atoms with Crippen LogP contribution in [0, 0.1) is 5.92 Å². The monoisotopic (exact) mass is 473 g/mol. The van der Waals surface area contributed by atoms with Gasteiger partial charge < -0.3 is 10.1 Å². The fourth-order valence-electron chi connectivity index (χ4n) is 3.44.